The summed E-state index contributed by atoms with van der Waals surface area (Å²) in [5.41, 5.74) is 3.83. The van der Waals surface area contributed by atoms with Gasteiger partial charge in [-0.2, -0.15) is 0 Å². The number of nitrogens with zero attached hydrogens (tertiary/aromatic N) is 1. The minimum absolute atomic E-state index is 0.0666. The van der Waals surface area contributed by atoms with E-state index in [0.29, 0.717) is 16.6 Å². The molecule has 0 saturated carbocycles. The highest BCUT2D eigenvalue weighted by atomic mass is 32.1. The Bertz CT molecular complexity index is 999. The monoisotopic (exact) mass is 382 g/mol. The van der Waals surface area contributed by atoms with Crippen LogP contribution >= 0.6 is 11.3 Å². The van der Waals surface area contributed by atoms with Gasteiger partial charge in [0.25, 0.3) is 5.91 Å². The van der Waals surface area contributed by atoms with Crippen LogP contribution in [-0.4, -0.2) is 24.3 Å². The quantitative estimate of drug-likeness (QED) is 0.717. The van der Waals surface area contributed by atoms with Gasteiger partial charge in [0.1, 0.15) is 5.75 Å². The second kappa shape index (κ2) is 7.28. The molecule has 6 nitrogen and oxygen atoms in total. The van der Waals surface area contributed by atoms with Crippen LogP contribution in [0, 0.1) is 13.8 Å². The van der Waals surface area contributed by atoms with E-state index in [1.165, 1.54) is 11.3 Å². The maximum absolute atomic E-state index is 12.2. The van der Waals surface area contributed by atoms with Gasteiger partial charge in [0.2, 0.25) is 6.79 Å². The molecule has 1 aliphatic heterocycles. The van der Waals surface area contributed by atoms with E-state index in [4.69, 9.17) is 14.2 Å². The third-order valence-corrected chi connectivity index (χ3v) is 4.87. The minimum atomic E-state index is -0.249. The molecule has 7 heteroatoms. The van der Waals surface area contributed by atoms with Crippen LogP contribution in [0.2, 0.25) is 0 Å². The third-order valence-electron chi connectivity index (χ3n) is 4.11. The maximum atomic E-state index is 12.2. The van der Waals surface area contributed by atoms with Crippen LogP contribution in [-0.2, 0) is 4.79 Å². The van der Waals surface area contributed by atoms with Gasteiger partial charge in [0.15, 0.2) is 23.2 Å². The summed E-state index contributed by atoms with van der Waals surface area (Å²) in [6.45, 7) is 4.14. The van der Waals surface area contributed by atoms with Crippen LogP contribution in [0.4, 0.5) is 5.13 Å². The first-order valence-corrected chi connectivity index (χ1v) is 9.32. The molecule has 2 aromatic carbocycles. The number of amides is 1. The Morgan fingerprint density at radius 1 is 1.19 bits per heavy atom. The van der Waals surface area contributed by atoms with E-state index in [1.807, 2.05) is 55.6 Å². The van der Waals surface area contributed by atoms with Crippen molar-refractivity contribution < 1.29 is 19.0 Å². The third kappa shape index (κ3) is 3.88. The van der Waals surface area contributed by atoms with E-state index in [-0.39, 0.29) is 19.3 Å². The molecular weight excluding hydrogens is 364 g/mol. The number of nitrogens with one attached hydrogen (secondary N) is 1. The normalized spacial score (nSPS) is 12.1. The summed E-state index contributed by atoms with van der Waals surface area (Å²) < 4.78 is 16.3. The second-order valence-electron chi connectivity index (χ2n) is 6.21. The average Bonchev–Trinajstić information content (AvgIpc) is 3.29. The van der Waals surface area contributed by atoms with Crippen molar-refractivity contribution in [3.63, 3.8) is 0 Å². The van der Waals surface area contributed by atoms with Crippen LogP contribution < -0.4 is 19.5 Å². The van der Waals surface area contributed by atoms with E-state index >= 15 is 0 Å². The number of hydrogen-bond donors (Lipinski definition) is 1. The Morgan fingerprint density at radius 2 is 2.04 bits per heavy atom. The molecular formula is C20H18N2O4S. The number of fused-ring (bicyclic) bond motifs is 1. The summed E-state index contributed by atoms with van der Waals surface area (Å²) >= 11 is 1.36. The molecule has 0 aliphatic carbocycles. The van der Waals surface area contributed by atoms with Crippen molar-refractivity contribution in [1.29, 1.82) is 0 Å². The fraction of sp³-hybridized carbons (Fsp3) is 0.200. The summed E-state index contributed by atoms with van der Waals surface area (Å²) in [5, 5.41) is 5.18. The maximum Gasteiger partial charge on any atom is 0.264 e. The molecule has 1 aliphatic rings. The van der Waals surface area contributed by atoms with E-state index in [9.17, 15) is 4.79 Å². The molecule has 1 N–H and O–H groups in total. The van der Waals surface area contributed by atoms with Crippen LogP contribution in [0.25, 0.3) is 11.3 Å². The Labute approximate surface area is 160 Å². The predicted octanol–water partition coefficient (Wildman–Crippen LogP) is 4.17. The van der Waals surface area contributed by atoms with Crippen molar-refractivity contribution in [2.75, 3.05) is 18.7 Å². The lowest BCUT2D eigenvalue weighted by Crippen LogP contribution is -2.20. The van der Waals surface area contributed by atoms with Gasteiger partial charge in [-0.15, -0.1) is 11.3 Å². The number of aromatic nitrogens is 1. The fourth-order valence-corrected chi connectivity index (χ4v) is 3.52. The Balaban J connectivity index is 1.38. The molecule has 3 aromatic rings. The number of anilines is 1. The number of rotatable bonds is 5. The van der Waals surface area contributed by atoms with Gasteiger partial charge < -0.3 is 14.2 Å². The van der Waals surface area contributed by atoms with Crippen LogP contribution in [0.15, 0.2) is 41.8 Å². The van der Waals surface area contributed by atoms with Gasteiger partial charge in [-0.1, -0.05) is 17.7 Å². The summed E-state index contributed by atoms with van der Waals surface area (Å²) in [6, 6.07) is 11.5. The molecule has 0 spiro atoms. The molecule has 0 radical (unpaired) electrons. The zero-order valence-electron chi connectivity index (χ0n) is 14.9. The number of ether oxygens (including phenoxy) is 3. The number of hydrogen-bond acceptors (Lipinski definition) is 6. The first kappa shape index (κ1) is 17.4. The van der Waals surface area contributed by atoms with Crippen molar-refractivity contribution in [1.82, 2.24) is 4.98 Å². The topological polar surface area (TPSA) is 69.7 Å². The van der Waals surface area contributed by atoms with Crippen molar-refractivity contribution in [3.05, 3.63) is 52.9 Å². The Hall–Kier alpha value is -3.06. The van der Waals surface area contributed by atoms with Crippen molar-refractivity contribution >= 4 is 22.4 Å². The van der Waals surface area contributed by atoms with Crippen LogP contribution in [0.1, 0.15) is 11.1 Å². The number of aryl methyl sites for hydroxylation is 2. The van der Waals surface area contributed by atoms with Gasteiger partial charge in [0, 0.05) is 10.9 Å². The molecule has 27 heavy (non-hydrogen) atoms. The van der Waals surface area contributed by atoms with Crippen molar-refractivity contribution in [2.45, 2.75) is 13.8 Å². The molecule has 0 fully saturated rings. The molecule has 0 atom stereocenters. The minimum Gasteiger partial charge on any atom is -0.483 e. The van der Waals surface area contributed by atoms with E-state index in [0.717, 1.165) is 28.1 Å². The largest absolute Gasteiger partial charge is 0.483 e. The Morgan fingerprint density at radius 3 is 2.89 bits per heavy atom. The lowest BCUT2D eigenvalue weighted by molar-refractivity contribution is -0.118. The summed E-state index contributed by atoms with van der Waals surface area (Å²) in [5.74, 6) is 1.89. The highest BCUT2D eigenvalue weighted by Crippen LogP contribution is 2.36. The van der Waals surface area contributed by atoms with E-state index in [1.54, 1.807) is 0 Å². The molecule has 0 saturated heterocycles. The van der Waals surface area contributed by atoms with Crippen LogP contribution in [0.3, 0.4) is 0 Å². The molecule has 1 aromatic heterocycles. The van der Waals surface area contributed by atoms with Gasteiger partial charge in [0.05, 0.1) is 5.69 Å². The smallest absolute Gasteiger partial charge is 0.264 e. The summed E-state index contributed by atoms with van der Waals surface area (Å²) in [6.07, 6.45) is 0. The lowest BCUT2D eigenvalue weighted by Gasteiger charge is -2.09. The average molecular weight is 382 g/mol. The second-order valence-corrected chi connectivity index (χ2v) is 7.07. The number of benzene rings is 2. The molecule has 1 amide bonds. The van der Waals surface area contributed by atoms with E-state index in [2.05, 4.69) is 10.3 Å². The van der Waals surface area contributed by atoms with Crippen molar-refractivity contribution in [3.8, 4) is 28.5 Å². The lowest BCUT2D eigenvalue weighted by atomic mass is 10.1. The standard InChI is InChI=1S/C20H18N2O4S/c1-12-3-5-16(13(2)7-12)24-9-19(23)22-20-21-15(10-27-20)14-4-6-17-18(8-14)26-11-25-17/h3-8,10H,9,11H2,1-2H3,(H,21,22,23). The van der Waals surface area contributed by atoms with E-state index < -0.39 is 0 Å². The molecule has 138 valence electrons. The summed E-state index contributed by atoms with van der Waals surface area (Å²) in [7, 11) is 0. The Kier molecular flexibility index (Phi) is 4.68. The highest BCUT2D eigenvalue weighted by Gasteiger charge is 2.15. The molecule has 2 heterocycles. The van der Waals surface area contributed by atoms with Gasteiger partial charge in [-0.05, 0) is 43.7 Å². The summed E-state index contributed by atoms with van der Waals surface area (Å²) in [4.78, 5) is 16.6. The fourth-order valence-electron chi connectivity index (χ4n) is 2.78. The van der Waals surface area contributed by atoms with Gasteiger partial charge in [-0.3, -0.25) is 10.1 Å². The predicted molar refractivity (Wildman–Crippen MR) is 104 cm³/mol. The molecule has 0 bridgehead atoms. The molecule has 4 rings (SSSR count). The highest BCUT2D eigenvalue weighted by molar-refractivity contribution is 7.14. The van der Waals surface area contributed by atoms with Crippen LogP contribution in [0.5, 0.6) is 17.2 Å². The molecule has 0 unspecified atom stereocenters. The first-order valence-electron chi connectivity index (χ1n) is 8.44. The zero-order valence-corrected chi connectivity index (χ0v) is 15.8. The number of carbonyl (C=O) groups is 1. The van der Waals surface area contributed by atoms with Crippen molar-refractivity contribution in [2.24, 2.45) is 0 Å². The van der Waals surface area contributed by atoms with Gasteiger partial charge in [-0.25, -0.2) is 4.98 Å². The van der Waals surface area contributed by atoms with Gasteiger partial charge >= 0.3 is 0 Å². The zero-order chi connectivity index (χ0) is 18.8. The number of thiazole rings is 1. The number of carbonyl (C=O) groups excluding carboxylic acids is 1. The SMILES string of the molecule is Cc1ccc(OCC(=O)Nc2nc(-c3ccc4c(c3)OCO4)cs2)c(C)c1. The first-order chi connectivity index (χ1) is 13.1.